The first-order valence-electron chi connectivity index (χ1n) is 16.8. The summed E-state index contributed by atoms with van der Waals surface area (Å²) in [4.78, 5) is 36.3. The van der Waals surface area contributed by atoms with E-state index in [1.165, 1.54) is 50.8 Å². The number of rotatable bonds is 7. The Bertz CT molecular complexity index is 1980. The average molecular weight is 702 g/mol. The zero-order valence-corrected chi connectivity index (χ0v) is 30.5. The van der Waals surface area contributed by atoms with Crippen LogP contribution in [0.15, 0.2) is 45.7 Å². The average Bonchev–Trinajstić information content (AvgIpc) is 3.55. The minimum atomic E-state index is -0.515. The van der Waals surface area contributed by atoms with Crippen LogP contribution in [0.5, 0.6) is 5.75 Å². The minimum Gasteiger partial charge on any atom is -0.511 e. The Morgan fingerprint density at radius 1 is 1.18 bits per heavy atom. The molecule has 2 aliphatic heterocycles. The number of aliphatic hydroxyl groups excluding tert-OH is 1. The molecule has 0 spiro atoms. The van der Waals surface area contributed by atoms with Crippen LogP contribution in [0.25, 0.3) is 0 Å². The minimum absolute atomic E-state index is 0.0204. The van der Waals surface area contributed by atoms with E-state index >= 15 is 0 Å². The van der Waals surface area contributed by atoms with E-state index < -0.39 is 5.82 Å². The number of amides is 1. The van der Waals surface area contributed by atoms with E-state index in [0.717, 1.165) is 18.8 Å². The number of benzene rings is 2. The van der Waals surface area contributed by atoms with Crippen LogP contribution in [0.4, 0.5) is 15.8 Å². The molecule has 3 aromatic rings. The zero-order chi connectivity index (χ0) is 36.3. The number of aliphatic hydroxyl groups is 1. The lowest BCUT2D eigenvalue weighted by Gasteiger charge is -2.28. The summed E-state index contributed by atoms with van der Waals surface area (Å²) in [6.07, 6.45) is 7.64. The van der Waals surface area contributed by atoms with E-state index in [0.29, 0.717) is 53.4 Å². The second-order valence-electron chi connectivity index (χ2n) is 13.6. The lowest BCUT2D eigenvalue weighted by atomic mass is 9.78. The number of hydrogen-bond donors (Lipinski definition) is 1. The molecule has 2 aromatic carbocycles. The first kappa shape index (κ1) is 36.5. The van der Waals surface area contributed by atoms with Gasteiger partial charge in [-0.3, -0.25) is 14.5 Å². The van der Waals surface area contributed by atoms with Gasteiger partial charge in [-0.25, -0.2) is 9.38 Å². The molecule has 50 heavy (non-hydrogen) atoms. The Morgan fingerprint density at radius 2 is 1.90 bits per heavy atom. The largest absolute Gasteiger partial charge is 0.511 e. The number of aryl methyl sites for hydroxylation is 3. The predicted molar refractivity (Wildman–Crippen MR) is 193 cm³/mol. The fourth-order valence-electron chi connectivity index (χ4n) is 6.94. The maximum atomic E-state index is 14.5. The molecule has 3 aliphatic rings. The van der Waals surface area contributed by atoms with Crippen molar-refractivity contribution in [3.05, 3.63) is 74.3 Å². The Morgan fingerprint density at radius 3 is 2.54 bits per heavy atom. The van der Waals surface area contributed by atoms with E-state index in [-0.39, 0.29) is 47.6 Å². The summed E-state index contributed by atoms with van der Waals surface area (Å²) in [5.74, 6) is 3.03. The number of fused-ring (bicyclic) bond motifs is 2. The molecule has 1 aliphatic carbocycles. The van der Waals surface area contributed by atoms with E-state index in [1.54, 1.807) is 0 Å². The van der Waals surface area contributed by atoms with E-state index in [4.69, 9.17) is 16.0 Å². The Kier molecular flexibility index (Phi) is 11.0. The van der Waals surface area contributed by atoms with Gasteiger partial charge in [0.2, 0.25) is 4.80 Å². The van der Waals surface area contributed by atoms with Crippen LogP contribution in [0.1, 0.15) is 81.0 Å². The number of ketones is 1. The number of allylic oxidation sites excluding steroid dienone is 2. The molecule has 0 saturated heterocycles. The van der Waals surface area contributed by atoms with Crippen LogP contribution < -0.4 is 14.4 Å². The Labute approximate surface area is 296 Å². The molecule has 1 unspecified atom stereocenters. The molecule has 0 bridgehead atoms. The van der Waals surface area contributed by atoms with Crippen molar-refractivity contribution in [2.24, 2.45) is 15.6 Å². The number of Topliss-reactive ketones (excluding diaryl/α,β-unsaturated/α-hetero) is 1. The molecule has 0 radical (unpaired) electrons. The molecule has 12 heteroatoms. The fourth-order valence-corrected chi connectivity index (χ4v) is 7.69. The number of halogens is 1. The maximum Gasteiger partial charge on any atom is 0.265 e. The molecule has 264 valence electrons. The van der Waals surface area contributed by atoms with Crippen LogP contribution in [-0.4, -0.2) is 51.2 Å². The number of carbonyl (C=O) groups excluding carboxylic acids is 2. The van der Waals surface area contributed by atoms with Gasteiger partial charge >= 0.3 is 0 Å². The highest BCUT2D eigenvalue weighted by atomic mass is 32.1. The highest BCUT2D eigenvalue weighted by Crippen LogP contribution is 2.39. The number of aromatic nitrogens is 2. The molecule has 1 amide bonds. The summed E-state index contributed by atoms with van der Waals surface area (Å²) in [6, 6.07) is 7.03. The van der Waals surface area contributed by atoms with Crippen molar-refractivity contribution in [3.8, 4) is 18.1 Å². The zero-order valence-electron chi connectivity index (χ0n) is 29.7. The van der Waals surface area contributed by atoms with Gasteiger partial charge in [0.1, 0.15) is 29.6 Å². The van der Waals surface area contributed by atoms with Crippen molar-refractivity contribution in [3.63, 3.8) is 0 Å². The Hall–Kier alpha value is -4.76. The van der Waals surface area contributed by atoms with Crippen LogP contribution in [0, 0.1) is 44.3 Å². The van der Waals surface area contributed by atoms with Crippen LogP contribution in [0.2, 0.25) is 0 Å². The molecule has 1 aromatic heterocycles. The first-order valence-corrected chi connectivity index (χ1v) is 17.6. The second-order valence-corrected chi connectivity index (χ2v) is 14.4. The second kappa shape index (κ2) is 15.0. The van der Waals surface area contributed by atoms with E-state index in [9.17, 15) is 19.1 Å². The summed E-state index contributed by atoms with van der Waals surface area (Å²) in [7, 11) is 0. The van der Waals surface area contributed by atoms with Crippen molar-refractivity contribution < 1.29 is 28.7 Å². The summed E-state index contributed by atoms with van der Waals surface area (Å²) in [5.41, 5.74) is 6.32. The molecule has 1 N–H and O–H groups in total. The third-order valence-corrected chi connectivity index (χ3v) is 9.72. The van der Waals surface area contributed by atoms with E-state index in [2.05, 4.69) is 67.2 Å². The van der Waals surface area contributed by atoms with Crippen LogP contribution in [0.3, 0.4) is 0 Å². The SMILES string of the molecule is C#CCN1C(=O)COc2cc(F)c(N=c3snc4n3CC(C)(C)C4)cc21.CCO/N=C(\CC)C1=C(O)CC(c2c(C)cc(C)cc2C)CC1=O. The predicted octanol–water partition coefficient (Wildman–Crippen LogP) is 6.93. The summed E-state index contributed by atoms with van der Waals surface area (Å²) in [5, 5.41) is 14.5. The molecular formula is C38H44FN5O5S. The van der Waals surface area contributed by atoms with Gasteiger partial charge in [-0.2, -0.15) is 4.37 Å². The lowest BCUT2D eigenvalue weighted by molar-refractivity contribution is -0.121. The Balaban J connectivity index is 0.000000195. The van der Waals surface area contributed by atoms with Gasteiger partial charge in [0.15, 0.2) is 18.2 Å². The third-order valence-electron chi connectivity index (χ3n) is 8.95. The number of terminal acetylenes is 1. The number of ether oxygens (including phenoxy) is 1. The summed E-state index contributed by atoms with van der Waals surface area (Å²) >= 11 is 1.24. The van der Waals surface area contributed by atoms with Crippen molar-refractivity contribution in [1.82, 2.24) is 8.94 Å². The normalized spacial score (nSPS) is 18.6. The topological polar surface area (TPSA) is 119 Å². The van der Waals surface area contributed by atoms with Gasteiger partial charge < -0.3 is 19.2 Å². The van der Waals surface area contributed by atoms with Crippen LogP contribution >= 0.6 is 11.5 Å². The van der Waals surface area contributed by atoms with E-state index in [1.807, 2.05) is 18.4 Å². The quantitative estimate of drug-likeness (QED) is 0.162. The van der Waals surface area contributed by atoms with Crippen molar-refractivity contribution in [1.29, 1.82) is 0 Å². The number of carbonyl (C=O) groups is 2. The van der Waals surface area contributed by atoms with Gasteiger partial charge in [0.25, 0.3) is 5.91 Å². The van der Waals surface area contributed by atoms with Gasteiger partial charge in [-0.1, -0.05) is 49.5 Å². The molecule has 0 fully saturated rings. The number of hydrogen-bond acceptors (Lipinski definition) is 9. The van der Waals surface area contributed by atoms with Crippen molar-refractivity contribution in [2.75, 3.05) is 24.7 Å². The standard InChI is InChI=1S/C20H27NO3.C18H17FN4O2S/c1-6-16(21-24-7-2)20-17(22)10-15(11-18(20)23)19-13(4)8-12(3)9-14(19)5;1-4-5-22-13-7-12(11(19)6-14(13)25-9-16(22)24)20-17-23-10-18(2,3)8-15(23)21-26-17/h8-9,15,22H,6-7,10-11H2,1-5H3;1,6-7H,5,8-10H2,2-3H3/b21-16+;. The van der Waals surface area contributed by atoms with Gasteiger partial charge in [-0.15, -0.1) is 6.42 Å². The highest BCUT2D eigenvalue weighted by Gasteiger charge is 2.33. The summed E-state index contributed by atoms with van der Waals surface area (Å²) in [6.45, 7) is 15.5. The van der Waals surface area contributed by atoms with Gasteiger partial charge in [0, 0.05) is 43.4 Å². The highest BCUT2D eigenvalue weighted by molar-refractivity contribution is 7.02. The lowest BCUT2D eigenvalue weighted by Crippen LogP contribution is -2.39. The summed E-state index contributed by atoms with van der Waals surface area (Å²) < 4.78 is 26.3. The molecule has 3 heterocycles. The molecular weight excluding hydrogens is 658 g/mol. The number of anilines is 1. The third kappa shape index (κ3) is 7.68. The van der Waals surface area contributed by atoms with Gasteiger partial charge in [-0.05, 0) is 68.2 Å². The molecule has 6 rings (SSSR count). The van der Waals surface area contributed by atoms with Crippen molar-refractivity contribution in [2.45, 2.75) is 86.6 Å². The number of oxime groups is 1. The molecule has 10 nitrogen and oxygen atoms in total. The fraction of sp³-hybridized carbons (Fsp3) is 0.447. The maximum absolute atomic E-state index is 14.5. The van der Waals surface area contributed by atoms with Gasteiger partial charge in [0.05, 0.1) is 23.5 Å². The van der Waals surface area contributed by atoms with Crippen LogP contribution in [-0.2, 0) is 27.4 Å². The molecule has 1 atom stereocenters. The molecule has 0 saturated carbocycles. The monoisotopic (exact) mass is 701 g/mol. The number of nitrogens with zero attached hydrogens (tertiary/aromatic N) is 5. The van der Waals surface area contributed by atoms with Crippen molar-refractivity contribution >= 4 is 40.3 Å². The first-order chi connectivity index (χ1) is 23.8. The smallest absolute Gasteiger partial charge is 0.265 e.